The molecule has 0 unspecified atom stereocenters. The SMILES string of the molecule is COc1ccc(C2=NN3[C@H](C2)c2cc(Cl)cc(Cl)c2O[C@H]3c2ccc(OCc3ccccc3)cc2)cc1OC. The molecule has 2 aliphatic rings. The van der Waals surface area contributed by atoms with Crippen molar-refractivity contribution in [3.05, 3.63) is 117 Å². The predicted octanol–water partition coefficient (Wildman–Crippen LogP) is 7.83. The van der Waals surface area contributed by atoms with Gasteiger partial charge in [-0.15, -0.1) is 0 Å². The summed E-state index contributed by atoms with van der Waals surface area (Å²) in [5, 5.41) is 8.06. The smallest absolute Gasteiger partial charge is 0.213 e. The summed E-state index contributed by atoms with van der Waals surface area (Å²) < 4.78 is 23.4. The maximum Gasteiger partial charge on any atom is 0.213 e. The van der Waals surface area contributed by atoms with Crippen molar-refractivity contribution in [3.8, 4) is 23.0 Å². The molecule has 39 heavy (non-hydrogen) atoms. The van der Waals surface area contributed by atoms with Crippen molar-refractivity contribution >= 4 is 28.9 Å². The Morgan fingerprint density at radius 2 is 1.67 bits per heavy atom. The molecule has 8 heteroatoms. The van der Waals surface area contributed by atoms with E-state index in [-0.39, 0.29) is 6.04 Å². The summed E-state index contributed by atoms with van der Waals surface area (Å²) in [7, 11) is 3.24. The van der Waals surface area contributed by atoms with E-state index in [1.807, 2.05) is 83.9 Å². The summed E-state index contributed by atoms with van der Waals surface area (Å²) in [6.07, 6.45) is 0.166. The minimum absolute atomic E-state index is 0.105. The molecule has 198 valence electrons. The Labute approximate surface area is 237 Å². The third-order valence-electron chi connectivity index (χ3n) is 6.94. The Kier molecular flexibility index (Phi) is 6.98. The molecule has 0 radical (unpaired) electrons. The van der Waals surface area contributed by atoms with Gasteiger partial charge in [0.05, 0.1) is 31.0 Å². The number of hydrogen-bond donors (Lipinski definition) is 0. The molecule has 2 heterocycles. The van der Waals surface area contributed by atoms with Crippen LogP contribution in [0, 0.1) is 0 Å². The van der Waals surface area contributed by atoms with E-state index in [0.29, 0.717) is 40.3 Å². The zero-order chi connectivity index (χ0) is 26.9. The van der Waals surface area contributed by atoms with Gasteiger partial charge in [0.15, 0.2) is 11.5 Å². The molecule has 4 aromatic rings. The van der Waals surface area contributed by atoms with Crippen molar-refractivity contribution in [2.75, 3.05) is 14.2 Å². The number of rotatable bonds is 7. The van der Waals surface area contributed by atoms with Crippen LogP contribution in [0.5, 0.6) is 23.0 Å². The van der Waals surface area contributed by atoms with Gasteiger partial charge in [0.2, 0.25) is 6.23 Å². The maximum absolute atomic E-state index is 6.63. The number of ether oxygens (including phenoxy) is 4. The minimum Gasteiger partial charge on any atom is -0.493 e. The Morgan fingerprint density at radius 1 is 0.897 bits per heavy atom. The lowest BCUT2D eigenvalue weighted by Gasteiger charge is -2.38. The third kappa shape index (κ3) is 4.98. The first-order valence-corrected chi connectivity index (χ1v) is 13.3. The Balaban J connectivity index is 1.33. The zero-order valence-corrected chi connectivity index (χ0v) is 22.9. The van der Waals surface area contributed by atoms with E-state index in [1.54, 1.807) is 20.3 Å². The molecule has 2 atom stereocenters. The fraction of sp³-hybridized carbons (Fsp3) is 0.194. The Hall–Kier alpha value is -3.87. The quantitative estimate of drug-likeness (QED) is 0.230. The second kappa shape index (κ2) is 10.7. The van der Waals surface area contributed by atoms with Gasteiger partial charge in [0, 0.05) is 28.1 Å². The van der Waals surface area contributed by atoms with Crippen LogP contribution in [0.25, 0.3) is 0 Å². The predicted molar refractivity (Wildman–Crippen MR) is 152 cm³/mol. The van der Waals surface area contributed by atoms with E-state index in [2.05, 4.69) is 0 Å². The molecule has 2 aliphatic heterocycles. The molecule has 0 N–H and O–H groups in total. The zero-order valence-electron chi connectivity index (χ0n) is 21.4. The van der Waals surface area contributed by atoms with Crippen molar-refractivity contribution in [1.29, 1.82) is 0 Å². The van der Waals surface area contributed by atoms with E-state index in [4.69, 9.17) is 47.3 Å². The normalized spacial score (nSPS) is 17.5. The molecule has 0 amide bonds. The van der Waals surface area contributed by atoms with Crippen LogP contribution in [0.15, 0.2) is 90.0 Å². The van der Waals surface area contributed by atoms with Crippen LogP contribution in [-0.4, -0.2) is 24.9 Å². The van der Waals surface area contributed by atoms with Gasteiger partial charge >= 0.3 is 0 Å². The summed E-state index contributed by atoms with van der Waals surface area (Å²) in [6, 6.07) is 27.3. The average molecular weight is 561 g/mol. The molecule has 0 saturated heterocycles. The lowest BCUT2D eigenvalue weighted by Crippen LogP contribution is -2.33. The number of hydrogen-bond acceptors (Lipinski definition) is 6. The van der Waals surface area contributed by atoms with Gasteiger partial charge in [-0.25, -0.2) is 5.01 Å². The molecule has 0 aromatic heterocycles. The van der Waals surface area contributed by atoms with Gasteiger partial charge in [-0.1, -0.05) is 53.5 Å². The van der Waals surface area contributed by atoms with Crippen LogP contribution in [-0.2, 0) is 6.61 Å². The van der Waals surface area contributed by atoms with Gasteiger partial charge in [0.25, 0.3) is 0 Å². The molecule has 0 bridgehead atoms. The van der Waals surface area contributed by atoms with Crippen LogP contribution in [0.3, 0.4) is 0 Å². The fourth-order valence-electron chi connectivity index (χ4n) is 4.99. The molecule has 0 spiro atoms. The van der Waals surface area contributed by atoms with Crippen LogP contribution in [0.1, 0.15) is 40.9 Å². The molecule has 4 aromatic carbocycles. The summed E-state index contributed by atoms with van der Waals surface area (Å²) >= 11 is 13.0. The number of fused-ring (bicyclic) bond motifs is 3. The van der Waals surface area contributed by atoms with E-state index < -0.39 is 6.23 Å². The number of methoxy groups -OCH3 is 2. The average Bonchev–Trinajstić information content (AvgIpc) is 3.42. The molecule has 6 nitrogen and oxygen atoms in total. The van der Waals surface area contributed by atoms with Gasteiger partial charge in [0.1, 0.15) is 18.1 Å². The molecular formula is C31H26Cl2N2O4. The lowest BCUT2D eigenvalue weighted by molar-refractivity contribution is -0.0189. The van der Waals surface area contributed by atoms with Crippen LogP contribution >= 0.6 is 23.2 Å². The Bertz CT molecular complexity index is 1530. The number of halogens is 2. The van der Waals surface area contributed by atoms with Gasteiger partial charge < -0.3 is 18.9 Å². The largest absolute Gasteiger partial charge is 0.493 e. The number of benzene rings is 4. The van der Waals surface area contributed by atoms with Crippen molar-refractivity contribution in [3.63, 3.8) is 0 Å². The first kappa shape index (κ1) is 25.4. The second-order valence-corrected chi connectivity index (χ2v) is 10.2. The minimum atomic E-state index is -0.484. The first-order valence-electron chi connectivity index (χ1n) is 12.5. The highest BCUT2D eigenvalue weighted by atomic mass is 35.5. The van der Waals surface area contributed by atoms with Gasteiger partial charge in [-0.2, -0.15) is 5.10 Å². The van der Waals surface area contributed by atoms with Crippen LogP contribution in [0.4, 0.5) is 0 Å². The van der Waals surface area contributed by atoms with E-state index in [9.17, 15) is 0 Å². The maximum atomic E-state index is 6.63. The molecular weight excluding hydrogens is 535 g/mol. The topological polar surface area (TPSA) is 52.5 Å². The summed E-state index contributed by atoms with van der Waals surface area (Å²) in [5.41, 5.74) is 4.80. The van der Waals surface area contributed by atoms with Gasteiger partial charge in [-0.3, -0.25) is 0 Å². The van der Waals surface area contributed by atoms with E-state index in [1.165, 1.54) is 0 Å². The molecule has 0 saturated carbocycles. The van der Waals surface area contributed by atoms with E-state index >= 15 is 0 Å². The lowest BCUT2D eigenvalue weighted by atomic mass is 9.95. The van der Waals surface area contributed by atoms with Crippen molar-refractivity contribution in [1.82, 2.24) is 5.01 Å². The highest BCUT2D eigenvalue weighted by molar-refractivity contribution is 6.35. The van der Waals surface area contributed by atoms with Crippen LogP contribution < -0.4 is 18.9 Å². The van der Waals surface area contributed by atoms with Crippen molar-refractivity contribution in [2.45, 2.75) is 25.3 Å². The summed E-state index contributed by atoms with van der Waals surface area (Å²) in [5.74, 6) is 2.71. The first-order chi connectivity index (χ1) is 19.0. The number of hydrazone groups is 1. The highest BCUT2D eigenvalue weighted by Crippen LogP contribution is 2.51. The fourth-order valence-corrected chi connectivity index (χ4v) is 5.55. The van der Waals surface area contributed by atoms with Crippen molar-refractivity contribution < 1.29 is 18.9 Å². The number of nitrogens with zero attached hydrogens (tertiary/aromatic N) is 2. The highest BCUT2D eigenvalue weighted by Gasteiger charge is 2.42. The van der Waals surface area contributed by atoms with Crippen molar-refractivity contribution in [2.24, 2.45) is 5.10 Å². The molecule has 0 aliphatic carbocycles. The molecule has 0 fully saturated rings. The molecule has 6 rings (SSSR count). The second-order valence-electron chi connectivity index (χ2n) is 9.34. The summed E-state index contributed by atoms with van der Waals surface area (Å²) in [4.78, 5) is 0. The van der Waals surface area contributed by atoms with E-state index in [0.717, 1.165) is 33.7 Å². The third-order valence-corrected chi connectivity index (χ3v) is 7.44. The van der Waals surface area contributed by atoms with Crippen LogP contribution in [0.2, 0.25) is 10.0 Å². The monoisotopic (exact) mass is 560 g/mol. The summed E-state index contributed by atoms with van der Waals surface area (Å²) in [6.45, 7) is 0.497. The Morgan fingerprint density at radius 3 is 2.41 bits per heavy atom. The standard InChI is InChI=1S/C31H26Cl2N2O4/c1-36-28-13-10-21(14-29(28)37-2)26-17-27-24-15-22(32)16-25(33)30(24)39-31(35(27)34-26)20-8-11-23(12-9-20)38-18-19-6-4-3-5-7-19/h3-16,27,31H,17-18H2,1-2H3/t27-,31+/m1/s1. The van der Waals surface area contributed by atoms with Gasteiger partial charge in [-0.05, 0) is 60.2 Å².